The average Bonchev–Trinajstić information content (AvgIpc) is 2.03. The molecule has 2 heteroatoms. The molecule has 0 aromatic heterocycles. The highest BCUT2D eigenvalue weighted by atomic mass is 31.1. The average molecular weight is 228 g/mol. The zero-order valence-corrected chi connectivity index (χ0v) is 11.9. The summed E-state index contributed by atoms with van der Waals surface area (Å²) in [6, 6.07) is 0. The number of hydrogen-bond donors (Lipinski definition) is 0. The Labute approximate surface area is 95.8 Å². The lowest BCUT2D eigenvalue weighted by Crippen LogP contribution is -2.32. The molecule has 0 saturated carbocycles. The first kappa shape index (κ1) is 13.2. The Kier molecular flexibility index (Phi) is 3.66. The molecule has 0 aliphatic carbocycles. The molecule has 1 fully saturated rings. The van der Waals surface area contributed by atoms with Gasteiger partial charge in [0.25, 0.3) is 0 Å². The van der Waals surface area contributed by atoms with Gasteiger partial charge in [0.2, 0.25) is 0 Å². The predicted octanol–water partition coefficient (Wildman–Crippen LogP) is 4.19. The number of carbonyl (C=O) groups excluding carboxylic acids is 1. The molecule has 0 amide bonds. The van der Waals surface area contributed by atoms with E-state index in [0.29, 0.717) is 10.9 Å². The van der Waals surface area contributed by atoms with Gasteiger partial charge in [0.15, 0.2) is 0 Å². The Balaban J connectivity index is 3.07. The Morgan fingerprint density at radius 2 is 1.67 bits per heavy atom. The van der Waals surface area contributed by atoms with Gasteiger partial charge in [-0.15, -0.1) is 0 Å². The fourth-order valence-electron chi connectivity index (χ4n) is 3.44. The van der Waals surface area contributed by atoms with Gasteiger partial charge < -0.3 is 0 Å². The van der Waals surface area contributed by atoms with Crippen molar-refractivity contribution >= 4 is 13.7 Å². The second-order valence-electron chi connectivity index (χ2n) is 6.30. The van der Waals surface area contributed by atoms with Gasteiger partial charge in [-0.3, -0.25) is 4.79 Å². The van der Waals surface area contributed by atoms with Gasteiger partial charge in [-0.25, -0.2) is 0 Å². The highest BCUT2D eigenvalue weighted by Gasteiger charge is 2.44. The largest absolute Gasteiger partial charge is 0.300 e. The zero-order chi connectivity index (χ0) is 11.9. The van der Waals surface area contributed by atoms with Crippen LogP contribution in [0.25, 0.3) is 0 Å². The first-order valence-corrected chi connectivity index (χ1v) is 7.39. The maximum Gasteiger partial charge on any atom is 0.133 e. The minimum absolute atomic E-state index is 0.0913. The Morgan fingerprint density at radius 1 is 1.13 bits per heavy atom. The van der Waals surface area contributed by atoms with Crippen LogP contribution in [0.3, 0.4) is 0 Å². The molecule has 1 rings (SSSR count). The van der Waals surface area contributed by atoms with E-state index in [1.165, 1.54) is 0 Å². The van der Waals surface area contributed by atoms with Crippen LogP contribution in [0.15, 0.2) is 0 Å². The van der Waals surface area contributed by atoms with Gasteiger partial charge in [0, 0.05) is 12.8 Å². The summed E-state index contributed by atoms with van der Waals surface area (Å²) in [4.78, 5) is 11.8. The first-order chi connectivity index (χ1) is 6.67. The lowest BCUT2D eigenvalue weighted by atomic mass is 10.00. The summed E-state index contributed by atoms with van der Waals surface area (Å²) in [6.45, 7) is 14.0. The number of ketones is 1. The van der Waals surface area contributed by atoms with Crippen molar-refractivity contribution < 1.29 is 4.79 Å². The molecule has 88 valence electrons. The lowest BCUT2D eigenvalue weighted by molar-refractivity contribution is -0.119. The molecule has 0 spiro atoms. The summed E-state index contributed by atoms with van der Waals surface area (Å²) >= 11 is 0. The SMILES string of the molecule is CC(C)P1C(C)(C)CCC(=O)CC1(C)C. The number of Topliss-reactive ketones (excluding diaryl/α,β-unsaturated/α-hetero) is 1. The van der Waals surface area contributed by atoms with Crippen molar-refractivity contribution in [3.8, 4) is 0 Å². The fourth-order valence-corrected chi connectivity index (χ4v) is 8.57. The van der Waals surface area contributed by atoms with Crippen LogP contribution in [0.5, 0.6) is 0 Å². The van der Waals surface area contributed by atoms with Crippen molar-refractivity contribution in [2.24, 2.45) is 0 Å². The Bertz CT molecular complexity index is 253. The Morgan fingerprint density at radius 3 is 2.13 bits per heavy atom. The van der Waals surface area contributed by atoms with E-state index < -0.39 is 0 Å². The van der Waals surface area contributed by atoms with Gasteiger partial charge in [-0.05, 0) is 22.4 Å². The summed E-state index contributed by atoms with van der Waals surface area (Å²) in [5.74, 6) is 0.471. The fraction of sp³-hybridized carbons (Fsp3) is 0.923. The lowest BCUT2D eigenvalue weighted by Gasteiger charge is -2.46. The second-order valence-corrected chi connectivity index (χ2v) is 10.5. The number of rotatable bonds is 1. The van der Waals surface area contributed by atoms with Crippen LogP contribution in [0.1, 0.15) is 60.8 Å². The third-order valence-electron chi connectivity index (χ3n) is 3.47. The molecule has 0 aromatic rings. The summed E-state index contributed by atoms with van der Waals surface area (Å²) in [7, 11) is -0.0913. The highest BCUT2D eigenvalue weighted by molar-refractivity contribution is 7.61. The van der Waals surface area contributed by atoms with E-state index in [-0.39, 0.29) is 13.1 Å². The van der Waals surface area contributed by atoms with Crippen molar-refractivity contribution in [2.45, 2.75) is 76.8 Å². The maximum atomic E-state index is 11.8. The molecule has 1 atom stereocenters. The van der Waals surface area contributed by atoms with Crippen molar-refractivity contribution in [3.05, 3.63) is 0 Å². The van der Waals surface area contributed by atoms with E-state index in [9.17, 15) is 4.79 Å². The third-order valence-corrected chi connectivity index (χ3v) is 7.49. The van der Waals surface area contributed by atoms with E-state index in [1.807, 2.05) is 0 Å². The molecule has 15 heavy (non-hydrogen) atoms. The topological polar surface area (TPSA) is 17.1 Å². The van der Waals surface area contributed by atoms with Gasteiger partial charge in [-0.1, -0.05) is 49.5 Å². The normalized spacial score (nSPS) is 30.3. The molecule has 1 aliphatic rings. The van der Waals surface area contributed by atoms with Crippen LogP contribution < -0.4 is 0 Å². The van der Waals surface area contributed by atoms with Crippen LogP contribution in [0.4, 0.5) is 0 Å². The minimum Gasteiger partial charge on any atom is -0.300 e. The minimum atomic E-state index is -0.0913. The standard InChI is InChI=1S/C13H25OP/c1-10(2)15-12(3,4)8-7-11(14)9-13(15,5)6/h10H,7-9H2,1-6H3. The zero-order valence-electron chi connectivity index (χ0n) is 11.1. The van der Waals surface area contributed by atoms with Gasteiger partial charge in [0.1, 0.15) is 5.78 Å². The van der Waals surface area contributed by atoms with E-state index in [1.54, 1.807) is 0 Å². The van der Waals surface area contributed by atoms with Gasteiger partial charge >= 0.3 is 0 Å². The third kappa shape index (κ3) is 2.81. The van der Waals surface area contributed by atoms with Crippen molar-refractivity contribution in [1.29, 1.82) is 0 Å². The van der Waals surface area contributed by atoms with E-state index in [2.05, 4.69) is 41.5 Å². The predicted molar refractivity (Wildman–Crippen MR) is 69.1 cm³/mol. The Hall–Kier alpha value is 0.100. The monoisotopic (exact) mass is 228 g/mol. The van der Waals surface area contributed by atoms with E-state index in [4.69, 9.17) is 0 Å². The molecular formula is C13H25OP. The molecule has 0 radical (unpaired) electrons. The van der Waals surface area contributed by atoms with E-state index >= 15 is 0 Å². The van der Waals surface area contributed by atoms with Crippen LogP contribution >= 0.6 is 7.92 Å². The molecule has 1 nitrogen and oxygen atoms in total. The van der Waals surface area contributed by atoms with E-state index in [0.717, 1.165) is 24.9 Å². The van der Waals surface area contributed by atoms with Crippen LogP contribution in [-0.4, -0.2) is 21.8 Å². The molecule has 0 N–H and O–H groups in total. The molecule has 1 heterocycles. The summed E-state index contributed by atoms with van der Waals surface area (Å²) in [5.41, 5.74) is 0.718. The summed E-state index contributed by atoms with van der Waals surface area (Å²) in [5, 5.41) is 0.583. The smallest absolute Gasteiger partial charge is 0.133 e. The van der Waals surface area contributed by atoms with Crippen LogP contribution in [-0.2, 0) is 4.79 Å². The number of hydrogen-bond acceptors (Lipinski definition) is 1. The highest BCUT2D eigenvalue weighted by Crippen LogP contribution is 2.66. The maximum absolute atomic E-state index is 11.8. The molecular weight excluding hydrogens is 203 g/mol. The molecule has 1 aliphatic heterocycles. The van der Waals surface area contributed by atoms with Crippen molar-refractivity contribution in [1.82, 2.24) is 0 Å². The summed E-state index contributed by atoms with van der Waals surface area (Å²) in [6.07, 6.45) is 2.67. The molecule has 1 saturated heterocycles. The molecule has 0 aromatic carbocycles. The summed E-state index contributed by atoms with van der Waals surface area (Å²) < 4.78 is 0. The van der Waals surface area contributed by atoms with Crippen LogP contribution in [0, 0.1) is 0 Å². The molecule has 0 bridgehead atoms. The van der Waals surface area contributed by atoms with Crippen molar-refractivity contribution in [3.63, 3.8) is 0 Å². The van der Waals surface area contributed by atoms with Crippen molar-refractivity contribution in [2.75, 3.05) is 0 Å². The number of carbonyl (C=O) groups is 1. The first-order valence-electron chi connectivity index (χ1n) is 5.98. The van der Waals surface area contributed by atoms with Gasteiger partial charge in [-0.2, -0.15) is 0 Å². The quantitative estimate of drug-likeness (QED) is 0.615. The second kappa shape index (κ2) is 4.17. The van der Waals surface area contributed by atoms with Crippen LogP contribution in [0.2, 0.25) is 0 Å². The molecule has 1 unspecified atom stereocenters. The van der Waals surface area contributed by atoms with Gasteiger partial charge in [0.05, 0.1) is 0 Å².